The highest BCUT2D eigenvalue weighted by atomic mass is 19.1. The minimum absolute atomic E-state index is 0.0770. The van der Waals surface area contributed by atoms with Gasteiger partial charge in [0, 0.05) is 6.54 Å². The predicted molar refractivity (Wildman–Crippen MR) is 38.8 cm³/mol. The van der Waals surface area contributed by atoms with Crippen LogP contribution in [0.25, 0.3) is 0 Å². The van der Waals surface area contributed by atoms with E-state index >= 15 is 0 Å². The van der Waals surface area contributed by atoms with E-state index in [0.29, 0.717) is 0 Å². The van der Waals surface area contributed by atoms with Crippen molar-refractivity contribution in [2.45, 2.75) is 25.1 Å². The van der Waals surface area contributed by atoms with Gasteiger partial charge in [0.25, 0.3) is 0 Å². The molecule has 0 aliphatic heterocycles. The zero-order chi connectivity index (χ0) is 8.85. The lowest BCUT2D eigenvalue weighted by molar-refractivity contribution is -0.138. The predicted octanol–water partition coefficient (Wildman–Crippen LogP) is -0.525. The largest absolute Gasteiger partial charge is 0.480 e. The van der Waals surface area contributed by atoms with Crippen molar-refractivity contribution in [2.75, 3.05) is 6.54 Å². The summed E-state index contributed by atoms with van der Waals surface area (Å²) in [4.78, 5) is 10.1. The first-order valence-corrected chi connectivity index (χ1v) is 3.40. The molecule has 0 unspecified atom stereocenters. The number of carboxylic acid groups (broad SMARTS) is 1. The minimum Gasteiger partial charge on any atom is -0.480 e. The monoisotopic (exact) mass is 164 g/mol. The molecule has 0 heterocycles. The van der Waals surface area contributed by atoms with Gasteiger partial charge in [-0.1, -0.05) is 0 Å². The average Bonchev–Trinajstić information content (AvgIpc) is 1.99. The highest BCUT2D eigenvalue weighted by molar-refractivity contribution is 5.72. The molecule has 0 saturated heterocycles. The molecule has 11 heavy (non-hydrogen) atoms. The molecule has 0 aromatic heterocycles. The van der Waals surface area contributed by atoms with Crippen molar-refractivity contribution in [3.05, 3.63) is 0 Å². The number of hydrogen-bond donors (Lipinski definition) is 3. The summed E-state index contributed by atoms with van der Waals surface area (Å²) < 4.78 is 12.4. The molecule has 5 heteroatoms. The molecule has 0 rings (SSSR count). The normalized spacial score (nSPS) is 15.9. The fourth-order valence-corrected chi connectivity index (χ4v) is 0.602. The summed E-state index contributed by atoms with van der Waals surface area (Å²) >= 11 is 0. The van der Waals surface area contributed by atoms with E-state index in [1.807, 2.05) is 0 Å². The zero-order valence-electron chi connectivity index (χ0n) is 6.16. The first kappa shape index (κ1) is 10.3. The lowest BCUT2D eigenvalue weighted by Crippen LogP contribution is -2.31. The van der Waals surface area contributed by atoms with E-state index in [-0.39, 0.29) is 19.4 Å². The molecule has 2 atom stereocenters. The molecule has 66 valence electrons. The number of aliphatic carboxylic acids is 1. The Labute approximate surface area is 64.4 Å². The van der Waals surface area contributed by atoms with Crippen LogP contribution < -0.4 is 11.5 Å². The van der Waals surface area contributed by atoms with Crippen molar-refractivity contribution < 1.29 is 14.3 Å². The summed E-state index contributed by atoms with van der Waals surface area (Å²) in [7, 11) is 0. The third kappa shape index (κ3) is 4.69. The van der Waals surface area contributed by atoms with Gasteiger partial charge in [-0.15, -0.1) is 0 Å². The van der Waals surface area contributed by atoms with Gasteiger partial charge in [-0.3, -0.25) is 4.79 Å². The van der Waals surface area contributed by atoms with Crippen molar-refractivity contribution in [1.29, 1.82) is 0 Å². The van der Waals surface area contributed by atoms with Gasteiger partial charge in [-0.05, 0) is 12.8 Å². The van der Waals surface area contributed by atoms with Crippen LogP contribution in [0.2, 0.25) is 0 Å². The number of rotatable bonds is 5. The van der Waals surface area contributed by atoms with Crippen molar-refractivity contribution in [2.24, 2.45) is 11.5 Å². The lowest BCUT2D eigenvalue weighted by Gasteiger charge is -2.07. The van der Waals surface area contributed by atoms with Crippen LogP contribution in [0.3, 0.4) is 0 Å². The summed E-state index contributed by atoms with van der Waals surface area (Å²) in [5.74, 6) is -1.10. The van der Waals surface area contributed by atoms with Gasteiger partial charge in [0.05, 0.1) is 0 Å². The molecule has 0 spiro atoms. The molecule has 5 N–H and O–H groups in total. The number of carboxylic acids is 1. The summed E-state index contributed by atoms with van der Waals surface area (Å²) in [5, 5.41) is 8.29. The molecule has 0 aromatic carbocycles. The summed E-state index contributed by atoms with van der Waals surface area (Å²) in [6, 6.07) is -0.972. The molecule has 0 radical (unpaired) electrons. The number of halogens is 1. The van der Waals surface area contributed by atoms with Gasteiger partial charge in [-0.2, -0.15) is 0 Å². The second-order valence-corrected chi connectivity index (χ2v) is 2.36. The van der Waals surface area contributed by atoms with Crippen molar-refractivity contribution in [1.82, 2.24) is 0 Å². The van der Waals surface area contributed by atoms with Gasteiger partial charge in [0.15, 0.2) is 0 Å². The molecule has 0 aliphatic rings. The second-order valence-electron chi connectivity index (χ2n) is 2.36. The molecule has 0 amide bonds. The number of nitrogens with two attached hydrogens (primary N) is 2. The van der Waals surface area contributed by atoms with Gasteiger partial charge < -0.3 is 16.6 Å². The van der Waals surface area contributed by atoms with E-state index in [9.17, 15) is 9.18 Å². The Bertz CT molecular complexity index is 132. The Morgan fingerprint density at radius 3 is 2.45 bits per heavy atom. The third-order valence-corrected chi connectivity index (χ3v) is 1.36. The molecule has 0 bridgehead atoms. The highest BCUT2D eigenvalue weighted by Gasteiger charge is 2.13. The van der Waals surface area contributed by atoms with Gasteiger partial charge in [0.2, 0.25) is 0 Å². The maximum atomic E-state index is 12.4. The molecule has 0 aromatic rings. The molecule has 0 aliphatic carbocycles. The van der Waals surface area contributed by atoms with Crippen molar-refractivity contribution >= 4 is 5.97 Å². The Balaban J connectivity index is 3.45. The minimum atomic E-state index is -1.14. The van der Waals surface area contributed by atoms with E-state index in [1.54, 1.807) is 0 Å². The fourth-order valence-electron chi connectivity index (χ4n) is 0.602. The quantitative estimate of drug-likeness (QED) is 0.509. The molecular weight excluding hydrogens is 151 g/mol. The Morgan fingerprint density at radius 2 is 2.09 bits per heavy atom. The van der Waals surface area contributed by atoms with Gasteiger partial charge >= 0.3 is 5.97 Å². The maximum Gasteiger partial charge on any atom is 0.320 e. The van der Waals surface area contributed by atoms with E-state index in [2.05, 4.69) is 0 Å². The lowest BCUT2D eigenvalue weighted by atomic mass is 10.1. The molecule has 4 nitrogen and oxygen atoms in total. The topological polar surface area (TPSA) is 89.3 Å². The van der Waals surface area contributed by atoms with Gasteiger partial charge in [0.1, 0.15) is 12.2 Å². The van der Waals surface area contributed by atoms with Crippen molar-refractivity contribution in [3.8, 4) is 0 Å². The number of alkyl halides is 1. The molecular formula is C6H13FN2O2. The SMILES string of the molecule is NC[C@H](F)CC[C@@H](N)C(=O)O. The van der Waals surface area contributed by atoms with Crippen LogP contribution in [-0.2, 0) is 4.79 Å². The standard InChI is InChI=1S/C6H13FN2O2/c7-4(3-8)1-2-5(9)6(10)11/h4-5H,1-3,8-9H2,(H,10,11)/t4-,5-/m1/s1. The van der Waals surface area contributed by atoms with E-state index in [4.69, 9.17) is 16.6 Å². The van der Waals surface area contributed by atoms with Crippen LogP contribution in [0.15, 0.2) is 0 Å². The molecule has 0 fully saturated rings. The summed E-state index contributed by atoms with van der Waals surface area (Å²) in [6.07, 6.45) is -0.891. The first-order valence-electron chi connectivity index (χ1n) is 3.40. The zero-order valence-corrected chi connectivity index (χ0v) is 6.16. The Hall–Kier alpha value is -0.680. The van der Waals surface area contributed by atoms with Crippen LogP contribution in [-0.4, -0.2) is 29.8 Å². The van der Waals surface area contributed by atoms with E-state index in [1.165, 1.54) is 0 Å². The smallest absolute Gasteiger partial charge is 0.320 e. The van der Waals surface area contributed by atoms with Crippen LogP contribution in [0.5, 0.6) is 0 Å². The van der Waals surface area contributed by atoms with Crippen LogP contribution in [0, 0.1) is 0 Å². The second kappa shape index (κ2) is 5.03. The number of carbonyl (C=O) groups is 1. The molecule has 0 saturated carbocycles. The summed E-state index contributed by atoms with van der Waals surface area (Å²) in [5.41, 5.74) is 10.1. The van der Waals surface area contributed by atoms with Crippen molar-refractivity contribution in [3.63, 3.8) is 0 Å². The highest BCUT2D eigenvalue weighted by Crippen LogP contribution is 2.02. The third-order valence-electron chi connectivity index (χ3n) is 1.36. The average molecular weight is 164 g/mol. The first-order chi connectivity index (χ1) is 5.07. The number of hydrogen-bond acceptors (Lipinski definition) is 3. The van der Waals surface area contributed by atoms with Crippen LogP contribution in [0.1, 0.15) is 12.8 Å². The van der Waals surface area contributed by atoms with Gasteiger partial charge in [-0.25, -0.2) is 4.39 Å². The summed E-state index contributed by atoms with van der Waals surface area (Å²) in [6.45, 7) is -0.0770. The Morgan fingerprint density at radius 1 is 1.55 bits per heavy atom. The Kier molecular flexibility index (Phi) is 4.72. The maximum absolute atomic E-state index is 12.4. The van der Waals surface area contributed by atoms with E-state index in [0.717, 1.165) is 0 Å². The van der Waals surface area contributed by atoms with Crippen LogP contribution >= 0.6 is 0 Å². The van der Waals surface area contributed by atoms with E-state index < -0.39 is 18.2 Å². The van der Waals surface area contributed by atoms with Crippen LogP contribution in [0.4, 0.5) is 4.39 Å². The fraction of sp³-hybridized carbons (Fsp3) is 0.833.